The summed E-state index contributed by atoms with van der Waals surface area (Å²) in [6.07, 6.45) is 3.54. The highest BCUT2D eigenvalue weighted by Gasteiger charge is 2.29. The van der Waals surface area contributed by atoms with E-state index in [4.69, 9.17) is 0 Å². The van der Waals surface area contributed by atoms with Gasteiger partial charge in [-0.25, -0.2) is 4.98 Å². The first-order valence-electron chi connectivity index (χ1n) is 8.98. The summed E-state index contributed by atoms with van der Waals surface area (Å²) in [5.74, 6) is 0.0615. The number of piperazine rings is 1. The SMILES string of the molecule is CNc1nc(C(=O)N2CCN([C@H]3CCc4ccccc4C3)CC2)cs1. The van der Waals surface area contributed by atoms with Crippen molar-refractivity contribution in [2.75, 3.05) is 38.5 Å². The first-order chi connectivity index (χ1) is 12.2. The second kappa shape index (κ2) is 7.14. The third kappa shape index (κ3) is 3.41. The predicted molar refractivity (Wildman–Crippen MR) is 101 cm³/mol. The van der Waals surface area contributed by atoms with Gasteiger partial charge in [0.2, 0.25) is 0 Å². The van der Waals surface area contributed by atoms with Crippen molar-refractivity contribution in [2.45, 2.75) is 25.3 Å². The molecule has 0 spiro atoms. The summed E-state index contributed by atoms with van der Waals surface area (Å²) in [7, 11) is 1.83. The van der Waals surface area contributed by atoms with E-state index >= 15 is 0 Å². The van der Waals surface area contributed by atoms with E-state index in [1.807, 2.05) is 17.3 Å². The lowest BCUT2D eigenvalue weighted by molar-refractivity contribution is 0.0548. The monoisotopic (exact) mass is 356 g/mol. The van der Waals surface area contributed by atoms with Gasteiger partial charge in [0, 0.05) is 44.6 Å². The highest BCUT2D eigenvalue weighted by molar-refractivity contribution is 7.13. The van der Waals surface area contributed by atoms with Gasteiger partial charge in [0.25, 0.3) is 5.91 Å². The molecule has 25 heavy (non-hydrogen) atoms. The Morgan fingerprint density at radius 2 is 1.96 bits per heavy atom. The van der Waals surface area contributed by atoms with E-state index < -0.39 is 0 Å². The quantitative estimate of drug-likeness (QED) is 0.918. The largest absolute Gasteiger partial charge is 0.365 e. The van der Waals surface area contributed by atoms with Crippen molar-refractivity contribution in [3.63, 3.8) is 0 Å². The van der Waals surface area contributed by atoms with Crippen LogP contribution in [0, 0.1) is 0 Å². The van der Waals surface area contributed by atoms with Gasteiger partial charge in [-0.1, -0.05) is 24.3 Å². The molecule has 132 valence electrons. The molecule has 1 atom stereocenters. The normalized spacial score (nSPS) is 21.0. The van der Waals surface area contributed by atoms with Crippen LogP contribution in [-0.2, 0) is 12.8 Å². The van der Waals surface area contributed by atoms with Crippen molar-refractivity contribution in [1.29, 1.82) is 0 Å². The van der Waals surface area contributed by atoms with Crippen LogP contribution in [-0.4, -0.2) is 60.0 Å². The highest BCUT2D eigenvalue weighted by atomic mass is 32.1. The smallest absolute Gasteiger partial charge is 0.273 e. The third-order valence-corrected chi connectivity index (χ3v) is 6.24. The number of hydrogen-bond donors (Lipinski definition) is 1. The molecule has 1 aliphatic carbocycles. The van der Waals surface area contributed by atoms with E-state index in [2.05, 4.69) is 39.5 Å². The molecule has 2 heterocycles. The molecule has 2 aromatic rings. The van der Waals surface area contributed by atoms with Gasteiger partial charge in [0.05, 0.1) is 0 Å². The Labute approximate surface area is 152 Å². The maximum atomic E-state index is 12.6. The molecule has 0 unspecified atom stereocenters. The number of hydrogen-bond acceptors (Lipinski definition) is 5. The van der Waals surface area contributed by atoms with Gasteiger partial charge in [-0.15, -0.1) is 11.3 Å². The highest BCUT2D eigenvalue weighted by Crippen LogP contribution is 2.25. The molecule has 0 bridgehead atoms. The summed E-state index contributed by atoms with van der Waals surface area (Å²) in [5, 5.41) is 5.63. The number of benzene rings is 1. The van der Waals surface area contributed by atoms with Crippen molar-refractivity contribution in [3.8, 4) is 0 Å². The number of fused-ring (bicyclic) bond motifs is 1. The van der Waals surface area contributed by atoms with Gasteiger partial charge < -0.3 is 10.2 Å². The Kier molecular flexibility index (Phi) is 4.72. The maximum absolute atomic E-state index is 12.6. The number of aromatic nitrogens is 1. The molecule has 2 aliphatic rings. The van der Waals surface area contributed by atoms with Crippen LogP contribution in [0.4, 0.5) is 5.13 Å². The van der Waals surface area contributed by atoms with Gasteiger partial charge in [0.1, 0.15) is 5.69 Å². The number of rotatable bonds is 3. The first kappa shape index (κ1) is 16.5. The summed E-state index contributed by atoms with van der Waals surface area (Å²) in [6, 6.07) is 9.42. The Hall–Kier alpha value is -1.92. The number of amides is 1. The number of aryl methyl sites for hydroxylation is 1. The van der Waals surface area contributed by atoms with E-state index in [0.717, 1.165) is 37.7 Å². The minimum absolute atomic E-state index is 0.0615. The zero-order valence-electron chi connectivity index (χ0n) is 14.6. The molecule has 6 heteroatoms. The van der Waals surface area contributed by atoms with Gasteiger partial charge in [0.15, 0.2) is 5.13 Å². The van der Waals surface area contributed by atoms with Crippen LogP contribution >= 0.6 is 11.3 Å². The molecule has 1 fully saturated rings. The van der Waals surface area contributed by atoms with Crippen molar-refractivity contribution < 1.29 is 4.79 Å². The molecular formula is C19H24N4OS. The van der Waals surface area contributed by atoms with Crippen molar-refractivity contribution in [1.82, 2.24) is 14.8 Å². The molecule has 1 aromatic heterocycles. The maximum Gasteiger partial charge on any atom is 0.273 e. The molecule has 1 aromatic carbocycles. The standard InChI is InChI=1S/C19H24N4OS/c1-20-19-21-17(13-25-19)18(24)23-10-8-22(9-11-23)16-7-6-14-4-2-3-5-15(14)12-16/h2-5,13,16H,6-12H2,1H3,(H,20,21)/t16-/m0/s1. The van der Waals surface area contributed by atoms with E-state index in [9.17, 15) is 4.79 Å². The van der Waals surface area contributed by atoms with Crippen molar-refractivity contribution >= 4 is 22.4 Å². The van der Waals surface area contributed by atoms with Crippen LogP contribution in [0.3, 0.4) is 0 Å². The Balaban J connectivity index is 1.35. The summed E-state index contributed by atoms with van der Waals surface area (Å²) >= 11 is 1.48. The lowest BCUT2D eigenvalue weighted by Crippen LogP contribution is -2.53. The fraction of sp³-hybridized carbons (Fsp3) is 0.474. The van der Waals surface area contributed by atoms with Crippen molar-refractivity contribution in [3.05, 3.63) is 46.5 Å². The molecule has 4 rings (SSSR count). The molecule has 0 saturated carbocycles. The number of anilines is 1. The second-order valence-electron chi connectivity index (χ2n) is 6.78. The Morgan fingerprint density at radius 1 is 1.20 bits per heavy atom. The average molecular weight is 356 g/mol. The van der Waals surface area contributed by atoms with Crippen LogP contribution in [0.5, 0.6) is 0 Å². The van der Waals surface area contributed by atoms with E-state index in [1.165, 1.54) is 35.3 Å². The van der Waals surface area contributed by atoms with Gasteiger partial charge in [-0.3, -0.25) is 9.69 Å². The molecular weight excluding hydrogens is 332 g/mol. The predicted octanol–water partition coefficient (Wildman–Crippen LogP) is 2.50. The number of carbonyl (C=O) groups excluding carboxylic acids is 1. The van der Waals surface area contributed by atoms with Crippen LogP contribution < -0.4 is 5.32 Å². The number of nitrogens with zero attached hydrogens (tertiary/aromatic N) is 3. The minimum atomic E-state index is 0.0615. The topological polar surface area (TPSA) is 48.5 Å². The van der Waals surface area contributed by atoms with Crippen LogP contribution in [0.1, 0.15) is 28.0 Å². The van der Waals surface area contributed by atoms with Gasteiger partial charge in [-0.05, 0) is 30.4 Å². The third-order valence-electron chi connectivity index (χ3n) is 5.38. The lowest BCUT2D eigenvalue weighted by Gasteiger charge is -2.41. The minimum Gasteiger partial charge on any atom is -0.365 e. The zero-order valence-corrected chi connectivity index (χ0v) is 15.4. The van der Waals surface area contributed by atoms with E-state index in [1.54, 1.807) is 0 Å². The van der Waals surface area contributed by atoms with Crippen LogP contribution in [0.15, 0.2) is 29.6 Å². The molecule has 5 nitrogen and oxygen atoms in total. The second-order valence-corrected chi connectivity index (χ2v) is 7.64. The summed E-state index contributed by atoms with van der Waals surface area (Å²) in [6.45, 7) is 3.51. The van der Waals surface area contributed by atoms with E-state index in [-0.39, 0.29) is 5.91 Å². The first-order valence-corrected chi connectivity index (χ1v) is 9.86. The fourth-order valence-electron chi connectivity index (χ4n) is 3.93. The number of nitrogens with one attached hydrogen (secondary N) is 1. The van der Waals surface area contributed by atoms with Crippen LogP contribution in [0.25, 0.3) is 0 Å². The number of carbonyl (C=O) groups is 1. The fourth-order valence-corrected chi connectivity index (χ4v) is 4.57. The molecule has 1 N–H and O–H groups in total. The van der Waals surface area contributed by atoms with Gasteiger partial charge >= 0.3 is 0 Å². The summed E-state index contributed by atoms with van der Waals surface area (Å²) < 4.78 is 0. The molecule has 1 aliphatic heterocycles. The summed E-state index contributed by atoms with van der Waals surface area (Å²) in [5.41, 5.74) is 3.57. The Bertz CT molecular complexity index is 751. The van der Waals surface area contributed by atoms with Crippen LogP contribution in [0.2, 0.25) is 0 Å². The lowest BCUT2D eigenvalue weighted by atomic mass is 9.87. The number of thiazole rings is 1. The summed E-state index contributed by atoms with van der Waals surface area (Å²) in [4.78, 5) is 21.5. The Morgan fingerprint density at radius 3 is 2.68 bits per heavy atom. The van der Waals surface area contributed by atoms with Crippen molar-refractivity contribution in [2.24, 2.45) is 0 Å². The molecule has 1 amide bonds. The molecule has 0 radical (unpaired) electrons. The molecule has 1 saturated heterocycles. The van der Waals surface area contributed by atoms with E-state index in [0.29, 0.717) is 11.7 Å². The average Bonchev–Trinajstić information content (AvgIpc) is 3.16. The zero-order chi connectivity index (χ0) is 17.2. The van der Waals surface area contributed by atoms with Gasteiger partial charge in [-0.2, -0.15) is 0 Å².